The van der Waals surface area contributed by atoms with Crippen molar-refractivity contribution in [3.63, 3.8) is 0 Å². The standard InChI is InChI=1S/C13H22N4O2/c1-8(2)10-6-11(17(3)16-10)13(19)15-9-4-5-14-7-12(9)18/h6,8-9,12,14,18H,4-5,7H2,1-3H3,(H,15,19)/t9-,12-/m1/s1. The molecule has 0 radical (unpaired) electrons. The molecule has 6 heteroatoms. The second-order valence-electron chi connectivity index (χ2n) is 5.37. The van der Waals surface area contributed by atoms with Gasteiger partial charge in [0, 0.05) is 13.6 Å². The third kappa shape index (κ3) is 3.13. The average Bonchev–Trinajstić information content (AvgIpc) is 2.74. The lowest BCUT2D eigenvalue weighted by Gasteiger charge is -2.28. The molecule has 1 saturated heterocycles. The van der Waals surface area contributed by atoms with Gasteiger partial charge in [0.1, 0.15) is 5.69 Å². The number of carbonyl (C=O) groups is 1. The van der Waals surface area contributed by atoms with Crippen molar-refractivity contribution in [2.24, 2.45) is 7.05 Å². The van der Waals surface area contributed by atoms with Gasteiger partial charge in [-0.1, -0.05) is 13.8 Å². The molecule has 1 aliphatic rings. The summed E-state index contributed by atoms with van der Waals surface area (Å²) in [5, 5.41) is 20.1. The third-order valence-corrected chi connectivity index (χ3v) is 3.49. The van der Waals surface area contributed by atoms with Crippen molar-refractivity contribution in [2.45, 2.75) is 38.3 Å². The molecule has 106 valence electrons. The Labute approximate surface area is 113 Å². The number of nitrogens with one attached hydrogen (secondary N) is 2. The summed E-state index contributed by atoms with van der Waals surface area (Å²) >= 11 is 0. The molecule has 1 amide bonds. The molecule has 1 aliphatic heterocycles. The molecule has 0 unspecified atom stereocenters. The van der Waals surface area contributed by atoms with Crippen LogP contribution in [0.2, 0.25) is 0 Å². The minimum Gasteiger partial charge on any atom is -0.390 e. The van der Waals surface area contributed by atoms with Crippen molar-refractivity contribution in [1.82, 2.24) is 20.4 Å². The maximum atomic E-state index is 12.2. The quantitative estimate of drug-likeness (QED) is 0.719. The van der Waals surface area contributed by atoms with Gasteiger partial charge in [-0.3, -0.25) is 9.48 Å². The second-order valence-corrected chi connectivity index (χ2v) is 5.37. The summed E-state index contributed by atoms with van der Waals surface area (Å²) in [6.07, 6.45) is 0.206. The van der Waals surface area contributed by atoms with Crippen molar-refractivity contribution < 1.29 is 9.90 Å². The first kappa shape index (κ1) is 14.0. The second kappa shape index (κ2) is 5.71. The summed E-state index contributed by atoms with van der Waals surface area (Å²) in [6, 6.07) is 1.62. The van der Waals surface area contributed by atoms with Crippen molar-refractivity contribution >= 4 is 5.91 Å². The van der Waals surface area contributed by atoms with E-state index in [1.165, 1.54) is 0 Å². The summed E-state index contributed by atoms with van der Waals surface area (Å²) < 4.78 is 1.60. The molecular weight excluding hydrogens is 244 g/mol. The predicted molar refractivity (Wildman–Crippen MR) is 72.0 cm³/mol. The van der Waals surface area contributed by atoms with Crippen LogP contribution in [0.3, 0.4) is 0 Å². The maximum absolute atomic E-state index is 12.2. The molecule has 6 nitrogen and oxygen atoms in total. The lowest BCUT2D eigenvalue weighted by atomic mass is 10.0. The lowest BCUT2D eigenvalue weighted by molar-refractivity contribution is 0.0758. The van der Waals surface area contributed by atoms with E-state index < -0.39 is 6.10 Å². The zero-order valence-corrected chi connectivity index (χ0v) is 11.7. The molecule has 2 heterocycles. The van der Waals surface area contributed by atoms with Crippen molar-refractivity contribution in [2.75, 3.05) is 13.1 Å². The Kier molecular flexibility index (Phi) is 4.21. The van der Waals surface area contributed by atoms with Crippen LogP contribution in [0.15, 0.2) is 6.07 Å². The number of aliphatic hydroxyl groups excluding tert-OH is 1. The van der Waals surface area contributed by atoms with Gasteiger partial charge < -0.3 is 15.7 Å². The number of rotatable bonds is 3. The number of β-amino-alcohol motifs (C(OH)–C–C–N with tert-alkyl or cyclic N) is 1. The van der Waals surface area contributed by atoms with E-state index in [-0.39, 0.29) is 17.9 Å². The number of hydrogen-bond acceptors (Lipinski definition) is 4. The third-order valence-electron chi connectivity index (χ3n) is 3.49. The summed E-state index contributed by atoms with van der Waals surface area (Å²) in [5.74, 6) is 0.116. The number of aromatic nitrogens is 2. The molecule has 0 saturated carbocycles. The number of aryl methyl sites for hydroxylation is 1. The van der Waals surface area contributed by atoms with Crippen LogP contribution in [0.5, 0.6) is 0 Å². The fourth-order valence-electron chi connectivity index (χ4n) is 2.24. The van der Waals surface area contributed by atoms with Crippen LogP contribution in [0.25, 0.3) is 0 Å². The Bertz CT molecular complexity index is 455. The zero-order chi connectivity index (χ0) is 14.0. The van der Waals surface area contributed by atoms with E-state index in [1.807, 2.05) is 19.9 Å². The van der Waals surface area contributed by atoms with Gasteiger partial charge in [0.15, 0.2) is 0 Å². The summed E-state index contributed by atoms with van der Waals surface area (Å²) in [4.78, 5) is 12.2. The highest BCUT2D eigenvalue weighted by Crippen LogP contribution is 2.14. The van der Waals surface area contributed by atoms with Gasteiger partial charge >= 0.3 is 0 Å². The number of amides is 1. The van der Waals surface area contributed by atoms with Gasteiger partial charge in [-0.05, 0) is 24.9 Å². The molecule has 0 aromatic carbocycles. The smallest absolute Gasteiger partial charge is 0.269 e. The number of nitrogens with zero attached hydrogens (tertiary/aromatic N) is 2. The summed E-state index contributed by atoms with van der Waals surface area (Å²) in [6.45, 7) is 5.42. The van der Waals surface area contributed by atoms with Crippen LogP contribution in [-0.2, 0) is 7.05 Å². The highest BCUT2D eigenvalue weighted by atomic mass is 16.3. The number of hydrogen-bond donors (Lipinski definition) is 3. The molecule has 2 atom stereocenters. The van der Waals surface area contributed by atoms with E-state index in [2.05, 4.69) is 15.7 Å². The molecule has 0 bridgehead atoms. The van der Waals surface area contributed by atoms with Crippen molar-refractivity contribution in [3.8, 4) is 0 Å². The Morgan fingerprint density at radius 3 is 2.95 bits per heavy atom. The van der Waals surface area contributed by atoms with Gasteiger partial charge in [0.05, 0.1) is 17.8 Å². The fourth-order valence-corrected chi connectivity index (χ4v) is 2.24. The monoisotopic (exact) mass is 266 g/mol. The molecule has 2 rings (SSSR count). The topological polar surface area (TPSA) is 79.2 Å². The number of aliphatic hydroxyl groups is 1. The predicted octanol–water partition coefficient (Wildman–Crippen LogP) is -0.00390. The van der Waals surface area contributed by atoms with Crippen LogP contribution in [0.1, 0.15) is 42.4 Å². The van der Waals surface area contributed by atoms with Crippen molar-refractivity contribution in [3.05, 3.63) is 17.5 Å². The van der Waals surface area contributed by atoms with Crippen LogP contribution in [0, 0.1) is 0 Å². The molecule has 1 aromatic rings. The van der Waals surface area contributed by atoms with Crippen LogP contribution >= 0.6 is 0 Å². The minimum atomic E-state index is -0.532. The first-order valence-electron chi connectivity index (χ1n) is 6.72. The molecule has 1 aromatic heterocycles. The highest BCUT2D eigenvalue weighted by Gasteiger charge is 2.26. The Morgan fingerprint density at radius 2 is 2.37 bits per heavy atom. The maximum Gasteiger partial charge on any atom is 0.269 e. The molecule has 0 spiro atoms. The van der Waals surface area contributed by atoms with Gasteiger partial charge in [0.2, 0.25) is 0 Å². The normalized spacial score (nSPS) is 23.6. The van der Waals surface area contributed by atoms with Gasteiger partial charge in [-0.2, -0.15) is 5.10 Å². The molecule has 3 N–H and O–H groups in total. The Hall–Kier alpha value is -1.40. The van der Waals surface area contributed by atoms with Crippen LogP contribution < -0.4 is 10.6 Å². The number of carbonyl (C=O) groups excluding carboxylic acids is 1. The van der Waals surface area contributed by atoms with E-state index >= 15 is 0 Å². The minimum absolute atomic E-state index is 0.173. The molecular formula is C13H22N4O2. The van der Waals surface area contributed by atoms with Crippen molar-refractivity contribution in [1.29, 1.82) is 0 Å². The summed E-state index contributed by atoms with van der Waals surface area (Å²) in [5.41, 5.74) is 1.44. The lowest BCUT2D eigenvalue weighted by Crippen LogP contribution is -2.52. The van der Waals surface area contributed by atoms with Crippen LogP contribution in [0.4, 0.5) is 0 Å². The van der Waals surface area contributed by atoms with E-state index in [0.29, 0.717) is 12.2 Å². The Balaban J connectivity index is 2.07. The first-order chi connectivity index (χ1) is 8.99. The fraction of sp³-hybridized carbons (Fsp3) is 0.692. The van der Waals surface area contributed by atoms with Gasteiger partial charge in [-0.15, -0.1) is 0 Å². The SMILES string of the molecule is CC(C)c1cc(C(=O)N[C@@H]2CCNC[C@H]2O)n(C)n1. The first-order valence-corrected chi connectivity index (χ1v) is 6.72. The van der Waals surface area contributed by atoms with E-state index in [9.17, 15) is 9.90 Å². The Morgan fingerprint density at radius 1 is 1.63 bits per heavy atom. The van der Waals surface area contributed by atoms with Crippen LogP contribution in [-0.4, -0.2) is 46.0 Å². The zero-order valence-electron chi connectivity index (χ0n) is 11.7. The van der Waals surface area contributed by atoms with Gasteiger partial charge in [-0.25, -0.2) is 0 Å². The van der Waals surface area contributed by atoms with E-state index in [0.717, 1.165) is 18.7 Å². The molecule has 19 heavy (non-hydrogen) atoms. The summed E-state index contributed by atoms with van der Waals surface area (Å²) in [7, 11) is 1.76. The number of piperidine rings is 1. The average molecular weight is 266 g/mol. The molecule has 1 fully saturated rings. The largest absolute Gasteiger partial charge is 0.390 e. The van der Waals surface area contributed by atoms with E-state index in [4.69, 9.17) is 0 Å². The van der Waals surface area contributed by atoms with E-state index in [1.54, 1.807) is 11.7 Å². The van der Waals surface area contributed by atoms with Gasteiger partial charge in [0.25, 0.3) is 5.91 Å². The highest BCUT2D eigenvalue weighted by molar-refractivity contribution is 5.92. The molecule has 0 aliphatic carbocycles.